The molecule has 0 saturated heterocycles. The summed E-state index contributed by atoms with van der Waals surface area (Å²) in [5.41, 5.74) is 2.28. The zero-order valence-electron chi connectivity index (χ0n) is 22.2. The van der Waals surface area contributed by atoms with Crippen LogP contribution in [0.15, 0.2) is 95.0 Å². The molecule has 0 aliphatic carbocycles. The third kappa shape index (κ3) is 7.87. The molecular formula is C31H23BrClN3O6. The number of nitro groups is 1. The first-order valence-electron chi connectivity index (χ1n) is 12.4. The number of ether oxygens (including phenoxy) is 3. The lowest BCUT2D eigenvalue weighted by Gasteiger charge is -2.14. The summed E-state index contributed by atoms with van der Waals surface area (Å²) in [6, 6.07) is 25.5. The van der Waals surface area contributed by atoms with Crippen molar-refractivity contribution in [3.63, 3.8) is 0 Å². The van der Waals surface area contributed by atoms with E-state index in [-0.39, 0.29) is 17.9 Å². The molecule has 1 N–H and O–H groups in total. The monoisotopic (exact) mass is 647 g/mol. The zero-order valence-corrected chi connectivity index (χ0v) is 24.5. The Morgan fingerprint density at radius 1 is 1.05 bits per heavy atom. The molecule has 4 aromatic carbocycles. The fraction of sp³-hybridized carbons (Fsp3) is 0.0968. The minimum Gasteiger partial charge on any atom is -0.493 e. The van der Waals surface area contributed by atoms with Crippen LogP contribution in [0.25, 0.3) is 6.08 Å². The van der Waals surface area contributed by atoms with Crippen molar-refractivity contribution in [2.24, 2.45) is 0 Å². The predicted octanol–water partition coefficient (Wildman–Crippen LogP) is 7.72. The van der Waals surface area contributed by atoms with Crippen LogP contribution in [0.2, 0.25) is 5.02 Å². The standard InChI is InChI=1S/C31H23BrClN3O6/c1-40-29-16-21(15-27(32)30(29)42-18-20-5-4-7-25(14-20)36(38)39)13-23(17-34)31(37)35-24-9-11-26(12-10-24)41-19-22-6-2-3-8-28(22)33/h2-16H,18-19H2,1H3,(H,35,37)/b23-13+. The van der Waals surface area contributed by atoms with Gasteiger partial charge in [-0.3, -0.25) is 14.9 Å². The predicted molar refractivity (Wildman–Crippen MR) is 163 cm³/mol. The third-order valence-corrected chi connectivity index (χ3v) is 6.85. The molecule has 11 heteroatoms. The number of hydrogen-bond donors (Lipinski definition) is 1. The average Bonchev–Trinajstić information content (AvgIpc) is 2.99. The van der Waals surface area contributed by atoms with Crippen molar-refractivity contribution in [3.05, 3.63) is 127 Å². The first-order valence-corrected chi connectivity index (χ1v) is 13.6. The maximum Gasteiger partial charge on any atom is 0.269 e. The van der Waals surface area contributed by atoms with Crippen LogP contribution in [0, 0.1) is 21.4 Å². The number of benzene rings is 4. The number of nitrogens with zero attached hydrogens (tertiary/aromatic N) is 2. The van der Waals surface area contributed by atoms with Crippen LogP contribution in [-0.2, 0) is 18.0 Å². The van der Waals surface area contributed by atoms with Crippen LogP contribution in [0.4, 0.5) is 11.4 Å². The molecule has 0 unspecified atom stereocenters. The molecule has 0 spiro atoms. The molecule has 4 aromatic rings. The number of carbonyl (C=O) groups excluding carboxylic acids is 1. The van der Waals surface area contributed by atoms with Crippen LogP contribution in [0.3, 0.4) is 0 Å². The van der Waals surface area contributed by atoms with Crippen LogP contribution in [0.1, 0.15) is 16.7 Å². The van der Waals surface area contributed by atoms with Crippen LogP contribution < -0.4 is 19.5 Å². The quantitative estimate of drug-likeness (QED) is 0.0764. The first kappa shape index (κ1) is 30.1. The lowest BCUT2D eigenvalue weighted by molar-refractivity contribution is -0.384. The Balaban J connectivity index is 1.43. The van der Waals surface area contributed by atoms with Gasteiger partial charge in [0.15, 0.2) is 11.5 Å². The summed E-state index contributed by atoms with van der Waals surface area (Å²) in [5.74, 6) is 0.698. The van der Waals surface area contributed by atoms with E-state index in [0.717, 1.165) is 5.56 Å². The highest BCUT2D eigenvalue weighted by Gasteiger charge is 2.15. The summed E-state index contributed by atoms with van der Waals surface area (Å²) in [7, 11) is 1.45. The molecular weight excluding hydrogens is 626 g/mol. The summed E-state index contributed by atoms with van der Waals surface area (Å²) in [6.45, 7) is 0.353. The number of rotatable bonds is 11. The lowest BCUT2D eigenvalue weighted by atomic mass is 10.1. The number of nitrogens with one attached hydrogen (secondary N) is 1. The SMILES string of the molecule is COc1cc(/C=C(\C#N)C(=O)Nc2ccc(OCc3ccccc3Cl)cc2)cc(Br)c1OCc1cccc([N+](=O)[O-])c1. The molecule has 0 radical (unpaired) electrons. The largest absolute Gasteiger partial charge is 0.493 e. The number of nitro benzene ring substituents is 1. The smallest absolute Gasteiger partial charge is 0.269 e. The zero-order chi connectivity index (χ0) is 30.1. The molecule has 1 amide bonds. The van der Waals surface area contributed by atoms with Crippen molar-refractivity contribution >= 4 is 50.9 Å². The first-order chi connectivity index (χ1) is 20.3. The van der Waals surface area contributed by atoms with Gasteiger partial charge in [0.05, 0.1) is 16.5 Å². The molecule has 42 heavy (non-hydrogen) atoms. The number of halogens is 2. The summed E-state index contributed by atoms with van der Waals surface area (Å²) < 4.78 is 17.6. The van der Waals surface area contributed by atoms with E-state index in [9.17, 15) is 20.2 Å². The van der Waals surface area contributed by atoms with Crippen molar-refractivity contribution < 1.29 is 23.9 Å². The molecule has 0 heterocycles. The van der Waals surface area contributed by atoms with E-state index in [1.807, 2.05) is 24.3 Å². The van der Waals surface area contributed by atoms with Crippen molar-refractivity contribution in [2.45, 2.75) is 13.2 Å². The van der Waals surface area contributed by atoms with E-state index in [0.29, 0.717) is 50.2 Å². The van der Waals surface area contributed by atoms with Crippen LogP contribution in [-0.4, -0.2) is 17.9 Å². The highest BCUT2D eigenvalue weighted by atomic mass is 79.9. The Kier molecular flexibility index (Phi) is 10.2. The van der Waals surface area contributed by atoms with Crippen LogP contribution >= 0.6 is 27.5 Å². The fourth-order valence-corrected chi connectivity index (χ4v) is 4.57. The normalized spacial score (nSPS) is 10.9. The van der Waals surface area contributed by atoms with E-state index >= 15 is 0 Å². The minimum absolute atomic E-state index is 0.0392. The van der Waals surface area contributed by atoms with Gasteiger partial charge in [-0.15, -0.1) is 0 Å². The highest BCUT2D eigenvalue weighted by Crippen LogP contribution is 2.38. The van der Waals surface area contributed by atoms with Crippen molar-refractivity contribution in [3.8, 4) is 23.3 Å². The number of anilines is 1. The number of hydrogen-bond acceptors (Lipinski definition) is 7. The average molecular weight is 649 g/mol. The van der Waals surface area contributed by atoms with Crippen molar-refractivity contribution in [1.29, 1.82) is 5.26 Å². The Hall–Kier alpha value is -4.85. The summed E-state index contributed by atoms with van der Waals surface area (Å²) in [4.78, 5) is 23.4. The molecule has 0 aliphatic heterocycles. The van der Waals surface area contributed by atoms with Gasteiger partial charge in [-0.2, -0.15) is 5.26 Å². The molecule has 0 aromatic heterocycles. The lowest BCUT2D eigenvalue weighted by Crippen LogP contribution is -2.13. The Morgan fingerprint density at radius 3 is 2.50 bits per heavy atom. The van der Waals surface area contributed by atoms with E-state index < -0.39 is 10.8 Å². The number of carbonyl (C=O) groups is 1. The van der Waals surface area contributed by atoms with Gasteiger partial charge in [-0.1, -0.05) is 41.9 Å². The molecule has 0 aliphatic rings. The molecule has 0 atom stereocenters. The minimum atomic E-state index is -0.594. The number of nitriles is 1. The summed E-state index contributed by atoms with van der Waals surface area (Å²) in [6.07, 6.45) is 1.42. The third-order valence-electron chi connectivity index (χ3n) is 5.90. The maximum absolute atomic E-state index is 12.9. The topological polar surface area (TPSA) is 124 Å². The van der Waals surface area contributed by atoms with Gasteiger partial charge in [0.25, 0.3) is 11.6 Å². The number of methoxy groups -OCH3 is 1. The van der Waals surface area contributed by atoms with E-state index in [2.05, 4.69) is 21.2 Å². The molecule has 212 valence electrons. The maximum atomic E-state index is 12.9. The molecule has 9 nitrogen and oxygen atoms in total. The van der Waals surface area contributed by atoms with Crippen molar-refractivity contribution in [1.82, 2.24) is 0 Å². The molecule has 0 bridgehead atoms. The van der Waals surface area contributed by atoms with E-state index in [4.69, 9.17) is 25.8 Å². The van der Waals surface area contributed by atoms with Gasteiger partial charge in [0.1, 0.15) is 30.6 Å². The number of amides is 1. The Bertz CT molecular complexity index is 1690. The molecule has 4 rings (SSSR count). The molecule has 0 fully saturated rings. The second-order valence-corrected chi connectivity index (χ2v) is 10.0. The summed E-state index contributed by atoms with van der Waals surface area (Å²) >= 11 is 9.61. The van der Waals surface area contributed by atoms with Crippen molar-refractivity contribution in [2.75, 3.05) is 12.4 Å². The van der Waals surface area contributed by atoms with Gasteiger partial charge in [-0.25, -0.2) is 0 Å². The van der Waals surface area contributed by atoms with Gasteiger partial charge >= 0.3 is 0 Å². The Labute approximate surface area is 255 Å². The second kappa shape index (κ2) is 14.2. The van der Waals surface area contributed by atoms with Gasteiger partial charge in [0.2, 0.25) is 0 Å². The number of non-ortho nitro benzene ring substituents is 1. The van der Waals surface area contributed by atoms with Crippen LogP contribution in [0.5, 0.6) is 17.2 Å². The van der Waals surface area contributed by atoms with E-state index in [1.165, 1.54) is 25.3 Å². The summed E-state index contributed by atoms with van der Waals surface area (Å²) in [5, 5.41) is 24.0. The Morgan fingerprint density at radius 2 is 1.81 bits per heavy atom. The van der Waals surface area contributed by atoms with Gasteiger partial charge < -0.3 is 19.5 Å². The van der Waals surface area contributed by atoms with E-state index in [1.54, 1.807) is 54.6 Å². The van der Waals surface area contributed by atoms with Gasteiger partial charge in [0, 0.05) is 28.4 Å². The highest BCUT2D eigenvalue weighted by molar-refractivity contribution is 9.10. The fourth-order valence-electron chi connectivity index (χ4n) is 3.80. The van der Waals surface area contributed by atoms with Gasteiger partial charge in [-0.05, 0) is 75.6 Å². The second-order valence-electron chi connectivity index (χ2n) is 8.78. The molecule has 0 saturated carbocycles.